The second kappa shape index (κ2) is 6.30. The van der Waals surface area contributed by atoms with Crippen molar-refractivity contribution in [2.45, 2.75) is 39.8 Å². The Bertz CT molecular complexity index is 363. The summed E-state index contributed by atoms with van der Waals surface area (Å²) in [6.07, 6.45) is 4.04. The molecule has 1 heterocycles. The zero-order valence-corrected chi connectivity index (χ0v) is 10.5. The van der Waals surface area contributed by atoms with Gasteiger partial charge < -0.3 is 10.4 Å². The van der Waals surface area contributed by atoms with Crippen molar-refractivity contribution in [2.75, 3.05) is 0 Å². The Hall–Kier alpha value is -1.49. The Morgan fingerprint density at radius 3 is 2.47 bits per heavy atom. The molecule has 1 aromatic heterocycles. The van der Waals surface area contributed by atoms with E-state index in [1.165, 1.54) is 0 Å². The standard InChI is InChI=1S/C12H19N3O2/c1-8(2)4-11(12(16)17)15-7-10-5-13-9(3)14-6-10/h5-6,8,11,15H,4,7H2,1-3H3,(H,16,17)/t11-/m0/s1. The Morgan fingerprint density at radius 1 is 1.41 bits per heavy atom. The Kier molecular flexibility index (Phi) is 5.03. The third kappa shape index (κ3) is 4.91. The monoisotopic (exact) mass is 237 g/mol. The Labute approximate surface area is 101 Å². The molecule has 1 rings (SSSR count). The molecule has 0 aliphatic heterocycles. The van der Waals surface area contributed by atoms with E-state index in [0.717, 1.165) is 5.56 Å². The number of carbonyl (C=O) groups is 1. The van der Waals surface area contributed by atoms with Crippen molar-refractivity contribution >= 4 is 5.97 Å². The van der Waals surface area contributed by atoms with Gasteiger partial charge in [-0.1, -0.05) is 13.8 Å². The van der Waals surface area contributed by atoms with E-state index in [0.29, 0.717) is 24.7 Å². The molecular formula is C12H19N3O2. The average molecular weight is 237 g/mol. The summed E-state index contributed by atoms with van der Waals surface area (Å²) in [5.41, 5.74) is 0.894. The largest absolute Gasteiger partial charge is 0.480 e. The lowest BCUT2D eigenvalue weighted by atomic mass is 10.0. The van der Waals surface area contributed by atoms with Crippen LogP contribution in [-0.2, 0) is 11.3 Å². The fraction of sp³-hybridized carbons (Fsp3) is 0.583. The molecule has 0 aliphatic carbocycles. The first-order valence-corrected chi connectivity index (χ1v) is 5.72. The second-order valence-corrected chi connectivity index (χ2v) is 4.54. The molecule has 0 unspecified atom stereocenters. The first kappa shape index (κ1) is 13.6. The lowest BCUT2D eigenvalue weighted by Crippen LogP contribution is -2.37. The van der Waals surface area contributed by atoms with Gasteiger partial charge in [-0.25, -0.2) is 9.97 Å². The highest BCUT2D eigenvalue weighted by Crippen LogP contribution is 2.06. The van der Waals surface area contributed by atoms with Crippen LogP contribution in [0.15, 0.2) is 12.4 Å². The number of hydrogen-bond donors (Lipinski definition) is 2. The first-order chi connectivity index (χ1) is 7.99. The first-order valence-electron chi connectivity index (χ1n) is 5.72. The molecule has 0 aromatic carbocycles. The molecule has 0 amide bonds. The highest BCUT2D eigenvalue weighted by Gasteiger charge is 2.17. The van der Waals surface area contributed by atoms with Crippen LogP contribution >= 0.6 is 0 Å². The van der Waals surface area contributed by atoms with Crippen molar-refractivity contribution < 1.29 is 9.90 Å². The summed E-state index contributed by atoms with van der Waals surface area (Å²) in [5, 5.41) is 12.1. The normalized spacial score (nSPS) is 12.7. The van der Waals surface area contributed by atoms with Crippen LogP contribution in [-0.4, -0.2) is 27.1 Å². The fourth-order valence-electron chi connectivity index (χ4n) is 1.49. The maximum atomic E-state index is 11.0. The van der Waals surface area contributed by atoms with E-state index in [1.54, 1.807) is 12.4 Å². The molecule has 0 radical (unpaired) electrons. The van der Waals surface area contributed by atoms with Gasteiger partial charge in [0.2, 0.25) is 0 Å². The lowest BCUT2D eigenvalue weighted by Gasteiger charge is -2.16. The van der Waals surface area contributed by atoms with Crippen molar-refractivity contribution in [2.24, 2.45) is 5.92 Å². The fourth-order valence-corrected chi connectivity index (χ4v) is 1.49. The minimum Gasteiger partial charge on any atom is -0.480 e. The number of carboxylic acids is 1. The number of carboxylic acid groups (broad SMARTS) is 1. The van der Waals surface area contributed by atoms with E-state index < -0.39 is 12.0 Å². The Morgan fingerprint density at radius 2 is 2.00 bits per heavy atom. The molecule has 0 saturated carbocycles. The van der Waals surface area contributed by atoms with Gasteiger partial charge in [0.1, 0.15) is 11.9 Å². The molecule has 17 heavy (non-hydrogen) atoms. The summed E-state index contributed by atoms with van der Waals surface area (Å²) in [6.45, 7) is 6.30. The van der Waals surface area contributed by atoms with Gasteiger partial charge in [-0.3, -0.25) is 4.79 Å². The quantitative estimate of drug-likeness (QED) is 0.781. The van der Waals surface area contributed by atoms with Crippen LogP contribution in [0.25, 0.3) is 0 Å². The van der Waals surface area contributed by atoms with Crippen molar-refractivity contribution in [3.8, 4) is 0 Å². The van der Waals surface area contributed by atoms with Gasteiger partial charge in [0.25, 0.3) is 0 Å². The van der Waals surface area contributed by atoms with E-state index in [2.05, 4.69) is 15.3 Å². The Balaban J connectivity index is 2.51. The second-order valence-electron chi connectivity index (χ2n) is 4.54. The summed E-state index contributed by atoms with van der Waals surface area (Å²) in [4.78, 5) is 19.1. The van der Waals surface area contributed by atoms with Crippen LogP contribution in [0.5, 0.6) is 0 Å². The van der Waals surface area contributed by atoms with Crippen molar-refractivity contribution in [1.82, 2.24) is 15.3 Å². The highest BCUT2D eigenvalue weighted by atomic mass is 16.4. The molecule has 2 N–H and O–H groups in total. The topological polar surface area (TPSA) is 75.1 Å². The van der Waals surface area contributed by atoms with E-state index >= 15 is 0 Å². The minimum atomic E-state index is -0.813. The number of aliphatic carboxylic acids is 1. The molecule has 0 fully saturated rings. The van der Waals surface area contributed by atoms with Gasteiger partial charge >= 0.3 is 5.97 Å². The molecule has 1 aromatic rings. The maximum absolute atomic E-state index is 11.0. The zero-order chi connectivity index (χ0) is 12.8. The molecule has 5 heteroatoms. The van der Waals surface area contributed by atoms with Crippen LogP contribution in [0.4, 0.5) is 0 Å². The third-order valence-corrected chi connectivity index (χ3v) is 2.39. The maximum Gasteiger partial charge on any atom is 0.320 e. The minimum absolute atomic E-state index is 0.345. The molecule has 0 saturated heterocycles. The molecule has 5 nitrogen and oxygen atoms in total. The van der Waals surface area contributed by atoms with E-state index in [4.69, 9.17) is 5.11 Å². The predicted molar refractivity (Wildman–Crippen MR) is 64.5 cm³/mol. The smallest absolute Gasteiger partial charge is 0.320 e. The van der Waals surface area contributed by atoms with E-state index in [-0.39, 0.29) is 0 Å². The molecule has 0 bridgehead atoms. The highest BCUT2D eigenvalue weighted by molar-refractivity contribution is 5.73. The van der Waals surface area contributed by atoms with Gasteiger partial charge in [0, 0.05) is 24.5 Å². The van der Waals surface area contributed by atoms with Crippen LogP contribution < -0.4 is 5.32 Å². The van der Waals surface area contributed by atoms with Crippen molar-refractivity contribution in [3.63, 3.8) is 0 Å². The molecule has 94 valence electrons. The van der Waals surface area contributed by atoms with Gasteiger partial charge in [-0.15, -0.1) is 0 Å². The van der Waals surface area contributed by atoms with Gasteiger partial charge in [0.05, 0.1) is 0 Å². The van der Waals surface area contributed by atoms with Gasteiger partial charge in [0.15, 0.2) is 0 Å². The number of rotatable bonds is 6. The van der Waals surface area contributed by atoms with Crippen molar-refractivity contribution in [3.05, 3.63) is 23.8 Å². The number of nitrogens with zero attached hydrogens (tertiary/aromatic N) is 2. The molecule has 1 atom stereocenters. The van der Waals surface area contributed by atoms with E-state index in [9.17, 15) is 4.79 Å². The van der Waals surface area contributed by atoms with E-state index in [1.807, 2.05) is 20.8 Å². The van der Waals surface area contributed by atoms with Crippen molar-refractivity contribution in [1.29, 1.82) is 0 Å². The zero-order valence-electron chi connectivity index (χ0n) is 10.5. The average Bonchev–Trinajstić information content (AvgIpc) is 2.25. The molecule has 0 aliphatic rings. The van der Waals surface area contributed by atoms with Gasteiger partial charge in [-0.05, 0) is 19.3 Å². The SMILES string of the molecule is Cc1ncc(CN[C@@H](CC(C)C)C(=O)O)cn1. The number of hydrogen-bond acceptors (Lipinski definition) is 4. The van der Waals surface area contributed by atoms with Crippen LogP contribution in [0, 0.1) is 12.8 Å². The predicted octanol–water partition coefficient (Wildman–Crippen LogP) is 1.37. The van der Waals surface area contributed by atoms with Crippen LogP contribution in [0.2, 0.25) is 0 Å². The summed E-state index contributed by atoms with van der Waals surface area (Å²) >= 11 is 0. The molecular weight excluding hydrogens is 218 g/mol. The third-order valence-electron chi connectivity index (χ3n) is 2.39. The summed E-state index contributed by atoms with van der Waals surface area (Å²) < 4.78 is 0. The number of aromatic nitrogens is 2. The van der Waals surface area contributed by atoms with Crippen LogP contribution in [0.1, 0.15) is 31.7 Å². The summed E-state index contributed by atoms with van der Waals surface area (Å²) in [7, 11) is 0. The van der Waals surface area contributed by atoms with Gasteiger partial charge in [-0.2, -0.15) is 0 Å². The summed E-state index contributed by atoms with van der Waals surface area (Å²) in [5.74, 6) is 0.246. The lowest BCUT2D eigenvalue weighted by molar-refractivity contribution is -0.140. The number of nitrogens with one attached hydrogen (secondary N) is 1. The summed E-state index contributed by atoms with van der Waals surface area (Å²) in [6, 6.07) is -0.517. The number of aryl methyl sites for hydroxylation is 1. The molecule has 0 spiro atoms. The van der Waals surface area contributed by atoms with Crippen LogP contribution in [0.3, 0.4) is 0 Å².